The van der Waals surface area contributed by atoms with Gasteiger partial charge in [0.1, 0.15) is 11.6 Å². The number of nitrogens with zero attached hydrogens (tertiary/aromatic N) is 3. The van der Waals surface area contributed by atoms with Gasteiger partial charge in [-0.05, 0) is 30.7 Å². The van der Waals surface area contributed by atoms with E-state index >= 15 is 0 Å². The van der Waals surface area contributed by atoms with E-state index in [1.165, 1.54) is 6.07 Å². The van der Waals surface area contributed by atoms with E-state index in [1.807, 2.05) is 11.0 Å². The van der Waals surface area contributed by atoms with Gasteiger partial charge in [0.15, 0.2) is 10.6 Å². The van der Waals surface area contributed by atoms with Gasteiger partial charge in [0.05, 0.1) is 30.4 Å². The Morgan fingerprint density at radius 3 is 2.57 bits per heavy atom. The summed E-state index contributed by atoms with van der Waals surface area (Å²) < 4.78 is 39.8. The number of hydrogen-bond acceptors (Lipinski definition) is 9. The van der Waals surface area contributed by atoms with Crippen LogP contribution in [0, 0.1) is 5.41 Å². The number of carbonyl (C=O) groups excluding carboxylic acids is 1. The third-order valence-corrected chi connectivity index (χ3v) is 8.72. The molecule has 0 radical (unpaired) electrons. The molecule has 37 heavy (non-hydrogen) atoms. The van der Waals surface area contributed by atoms with Crippen LogP contribution < -0.4 is 19.3 Å². The summed E-state index contributed by atoms with van der Waals surface area (Å²) in [5, 5.41) is 9.99. The third kappa shape index (κ3) is 4.97. The van der Waals surface area contributed by atoms with Gasteiger partial charge < -0.3 is 24.4 Å². The number of aliphatic hydroxyl groups excluding tert-OH is 1. The van der Waals surface area contributed by atoms with Crippen molar-refractivity contribution in [3.63, 3.8) is 0 Å². The van der Waals surface area contributed by atoms with E-state index in [0.717, 1.165) is 32.0 Å². The number of benzene rings is 1. The lowest BCUT2D eigenvalue weighted by Gasteiger charge is -2.56. The first-order valence-electron chi connectivity index (χ1n) is 12.0. The molecule has 2 aromatic rings. The van der Waals surface area contributed by atoms with Crippen LogP contribution in [0.4, 0.5) is 11.5 Å². The molecule has 4 aliphatic rings. The van der Waals surface area contributed by atoms with Crippen LogP contribution in [0.2, 0.25) is 5.02 Å². The molecular formula is C24H29ClN4O6S2. The predicted molar refractivity (Wildman–Crippen MR) is 142 cm³/mol. The fraction of sp³-hybridized carbons (Fsp3) is 0.500. The maximum Gasteiger partial charge on any atom is 0.281 e. The highest BCUT2D eigenvalue weighted by molar-refractivity contribution is 7.90. The molecule has 1 amide bonds. The topological polar surface area (TPSA) is 121 Å². The van der Waals surface area contributed by atoms with E-state index in [0.29, 0.717) is 48.9 Å². The molecule has 0 bridgehead atoms. The molecule has 1 atom stereocenters. The van der Waals surface area contributed by atoms with Crippen molar-refractivity contribution in [2.24, 2.45) is 5.41 Å². The van der Waals surface area contributed by atoms with Gasteiger partial charge in [-0.25, -0.2) is 9.71 Å². The molecule has 200 valence electrons. The summed E-state index contributed by atoms with van der Waals surface area (Å²) in [6, 6.07) is 9.89. The minimum Gasteiger partial charge on any atom is -0.475 e. The SMILES string of the molecule is O=C(NS(=O)(=O)c1cccc(N2CC[C@H](O)C2)n1)C1(Oc2cc(Cl)ccc2N2CC3(COC3)C2)CC1.S. The average Bonchev–Trinajstić information content (AvgIpc) is 3.44. The second-order valence-corrected chi connectivity index (χ2v) is 12.3. The maximum atomic E-state index is 13.2. The molecule has 1 spiro atoms. The number of carbonyl (C=O) groups is 1. The lowest BCUT2D eigenvalue weighted by Crippen LogP contribution is -2.66. The van der Waals surface area contributed by atoms with Crippen molar-refractivity contribution in [2.75, 3.05) is 49.2 Å². The molecule has 1 saturated carbocycles. The van der Waals surface area contributed by atoms with Gasteiger partial charge in [0.25, 0.3) is 15.9 Å². The summed E-state index contributed by atoms with van der Waals surface area (Å²) in [4.78, 5) is 21.4. The van der Waals surface area contributed by atoms with Crippen LogP contribution in [0.1, 0.15) is 19.3 Å². The first-order valence-corrected chi connectivity index (χ1v) is 13.8. The Labute approximate surface area is 227 Å². The summed E-state index contributed by atoms with van der Waals surface area (Å²) in [6.07, 6.45) is 0.889. The predicted octanol–water partition coefficient (Wildman–Crippen LogP) is 1.67. The van der Waals surface area contributed by atoms with Crippen LogP contribution in [0.25, 0.3) is 0 Å². The molecule has 4 heterocycles. The fourth-order valence-electron chi connectivity index (χ4n) is 4.98. The van der Waals surface area contributed by atoms with Gasteiger partial charge in [-0.3, -0.25) is 4.79 Å². The minimum absolute atomic E-state index is 0. The van der Waals surface area contributed by atoms with Crippen molar-refractivity contribution in [2.45, 2.75) is 36.0 Å². The van der Waals surface area contributed by atoms with E-state index in [2.05, 4.69) is 14.6 Å². The molecular weight excluding hydrogens is 540 g/mol. The second-order valence-electron chi connectivity index (χ2n) is 10.2. The highest BCUT2D eigenvalue weighted by Crippen LogP contribution is 2.48. The number of aromatic nitrogens is 1. The van der Waals surface area contributed by atoms with Crippen molar-refractivity contribution < 1.29 is 27.8 Å². The lowest BCUT2D eigenvalue weighted by atomic mass is 9.77. The molecule has 1 aliphatic carbocycles. The van der Waals surface area contributed by atoms with Crippen LogP contribution in [-0.4, -0.2) is 75.5 Å². The standard InChI is InChI=1S/C24H27ClN4O6S.H2S/c25-16-4-5-18(29-12-23(13-29)14-34-15-23)19(10-16)35-24(7-8-24)22(31)27-36(32,33)21-3-1-2-20(26-21)28-9-6-17(30)11-28;/h1-5,10,17,30H,6-9,11-15H2,(H,27,31);1H2/t17-;/m0./s1. The summed E-state index contributed by atoms with van der Waals surface area (Å²) in [6.45, 7) is 4.10. The van der Waals surface area contributed by atoms with Crippen LogP contribution in [-0.2, 0) is 19.6 Å². The molecule has 3 saturated heterocycles. The van der Waals surface area contributed by atoms with E-state index < -0.39 is 27.6 Å². The van der Waals surface area contributed by atoms with Gasteiger partial charge in [-0.2, -0.15) is 21.9 Å². The molecule has 6 rings (SSSR count). The van der Waals surface area contributed by atoms with Crippen molar-refractivity contribution in [1.82, 2.24) is 9.71 Å². The van der Waals surface area contributed by atoms with Crippen LogP contribution >= 0.6 is 25.1 Å². The first kappa shape index (κ1) is 26.4. The van der Waals surface area contributed by atoms with Gasteiger partial charge in [0, 0.05) is 50.1 Å². The minimum atomic E-state index is -4.23. The summed E-state index contributed by atoms with van der Waals surface area (Å²) >= 11 is 6.23. The largest absolute Gasteiger partial charge is 0.475 e. The number of amides is 1. The molecule has 13 heteroatoms. The molecule has 2 N–H and O–H groups in total. The molecule has 0 unspecified atom stereocenters. The van der Waals surface area contributed by atoms with Crippen LogP contribution in [0.5, 0.6) is 5.75 Å². The van der Waals surface area contributed by atoms with E-state index in [4.69, 9.17) is 21.1 Å². The van der Waals surface area contributed by atoms with E-state index in [9.17, 15) is 18.3 Å². The lowest BCUT2D eigenvalue weighted by molar-refractivity contribution is -0.128. The van der Waals surface area contributed by atoms with Crippen molar-refractivity contribution in [3.8, 4) is 5.75 Å². The van der Waals surface area contributed by atoms with Crippen molar-refractivity contribution in [3.05, 3.63) is 41.4 Å². The van der Waals surface area contributed by atoms with Gasteiger partial charge in [-0.1, -0.05) is 17.7 Å². The summed E-state index contributed by atoms with van der Waals surface area (Å²) in [5.41, 5.74) is -0.277. The van der Waals surface area contributed by atoms with Crippen molar-refractivity contribution in [1.29, 1.82) is 0 Å². The van der Waals surface area contributed by atoms with Gasteiger partial charge in [0.2, 0.25) is 0 Å². The molecule has 10 nitrogen and oxygen atoms in total. The zero-order chi connectivity index (χ0) is 25.1. The number of β-amino-alcohol motifs (C(OH)–C–C–N with tert-alkyl or cyclic N) is 1. The Balaban J connectivity index is 0.00000280. The first-order chi connectivity index (χ1) is 17.2. The number of hydrogen-bond donors (Lipinski definition) is 2. The van der Waals surface area contributed by atoms with E-state index in [-0.39, 0.29) is 23.9 Å². The number of rotatable bonds is 7. The smallest absolute Gasteiger partial charge is 0.281 e. The quantitative estimate of drug-likeness (QED) is 0.513. The molecule has 3 aliphatic heterocycles. The number of sulfonamides is 1. The molecule has 1 aromatic heterocycles. The average molecular weight is 569 g/mol. The second kappa shape index (κ2) is 9.49. The Morgan fingerprint density at radius 2 is 1.95 bits per heavy atom. The fourth-order valence-corrected chi connectivity index (χ4v) is 6.15. The normalized spacial score (nSPS) is 23.0. The molecule has 4 fully saturated rings. The molecule has 1 aromatic carbocycles. The highest BCUT2D eigenvalue weighted by Gasteiger charge is 2.55. The zero-order valence-corrected chi connectivity index (χ0v) is 22.6. The Bertz CT molecular complexity index is 1310. The van der Waals surface area contributed by atoms with E-state index in [1.54, 1.807) is 24.3 Å². The van der Waals surface area contributed by atoms with Gasteiger partial charge in [-0.15, -0.1) is 0 Å². The number of aliphatic hydroxyl groups is 1. The highest BCUT2D eigenvalue weighted by atomic mass is 35.5. The summed E-state index contributed by atoms with van der Waals surface area (Å²) in [5.74, 6) is 0.159. The maximum absolute atomic E-state index is 13.2. The van der Waals surface area contributed by atoms with Crippen LogP contribution in [0.3, 0.4) is 0 Å². The number of halogens is 1. The van der Waals surface area contributed by atoms with Gasteiger partial charge >= 0.3 is 0 Å². The third-order valence-electron chi connectivity index (χ3n) is 7.25. The number of pyridine rings is 1. The summed E-state index contributed by atoms with van der Waals surface area (Å²) in [7, 11) is -4.23. The van der Waals surface area contributed by atoms with Crippen LogP contribution in [0.15, 0.2) is 41.4 Å². The number of ether oxygens (including phenoxy) is 2. The number of nitrogens with one attached hydrogen (secondary N) is 1. The number of anilines is 2. The Hall–Kier alpha value is -2.25. The Morgan fingerprint density at radius 1 is 1.19 bits per heavy atom. The monoisotopic (exact) mass is 568 g/mol. The van der Waals surface area contributed by atoms with Crippen molar-refractivity contribution >= 4 is 52.5 Å². The Kier molecular flexibility index (Phi) is 6.76. The zero-order valence-electron chi connectivity index (χ0n) is 20.0.